The van der Waals surface area contributed by atoms with Crippen molar-refractivity contribution in [1.82, 2.24) is 10.3 Å². The van der Waals surface area contributed by atoms with E-state index in [0.717, 1.165) is 0 Å². The molecule has 8 heteroatoms. The van der Waals surface area contributed by atoms with Crippen LogP contribution in [0.5, 0.6) is 5.88 Å². The Balaban J connectivity index is 2.17. The average Bonchev–Trinajstić information content (AvgIpc) is 2.84. The molecule has 0 atom stereocenters. The lowest BCUT2D eigenvalue weighted by molar-refractivity contribution is 0.344. The highest BCUT2D eigenvalue weighted by Crippen LogP contribution is 2.36. The summed E-state index contributed by atoms with van der Waals surface area (Å²) in [5.74, 6) is -0.657. The fourth-order valence-corrected chi connectivity index (χ4v) is 2.19. The Bertz CT molecular complexity index is 733. The van der Waals surface area contributed by atoms with Crippen LogP contribution in [0.15, 0.2) is 28.2 Å². The second kappa shape index (κ2) is 4.97. The van der Waals surface area contributed by atoms with Gasteiger partial charge in [-0.05, 0) is 6.07 Å². The summed E-state index contributed by atoms with van der Waals surface area (Å²) in [5.41, 5.74) is 0.557. The predicted molar refractivity (Wildman–Crippen MR) is 74.7 cm³/mol. The number of ether oxygens (including phenoxy) is 2. The SMILES string of the molecule is COC1=NC(c2c(O)[nH]c3c(F)cccc23)N=C(OC)N1. The number of para-hydroxylation sites is 1. The quantitative estimate of drug-likeness (QED) is 0.745. The van der Waals surface area contributed by atoms with Crippen LogP contribution >= 0.6 is 0 Å². The minimum absolute atomic E-state index is 0.192. The number of methoxy groups -OCH3 is 2. The molecule has 3 rings (SSSR count). The fraction of sp³-hybridized carbons (Fsp3) is 0.231. The van der Waals surface area contributed by atoms with Gasteiger partial charge in [-0.15, -0.1) is 0 Å². The number of hydrogen-bond donors (Lipinski definition) is 3. The maximum absolute atomic E-state index is 13.8. The third kappa shape index (κ3) is 2.14. The Hall–Kier alpha value is -2.77. The summed E-state index contributed by atoms with van der Waals surface area (Å²) >= 11 is 0. The van der Waals surface area contributed by atoms with Crippen LogP contribution in [-0.2, 0) is 9.47 Å². The molecule has 0 aliphatic carbocycles. The molecular weight excluding hydrogens is 279 g/mol. The molecule has 0 saturated heterocycles. The largest absolute Gasteiger partial charge is 0.494 e. The van der Waals surface area contributed by atoms with Gasteiger partial charge < -0.3 is 19.6 Å². The number of aromatic nitrogens is 1. The van der Waals surface area contributed by atoms with Gasteiger partial charge in [-0.2, -0.15) is 0 Å². The number of aromatic hydroxyl groups is 1. The highest BCUT2D eigenvalue weighted by Gasteiger charge is 2.26. The van der Waals surface area contributed by atoms with Crippen molar-refractivity contribution in [1.29, 1.82) is 0 Å². The van der Waals surface area contributed by atoms with Gasteiger partial charge in [0.05, 0.1) is 25.3 Å². The van der Waals surface area contributed by atoms with E-state index in [1.54, 1.807) is 12.1 Å². The Morgan fingerprint density at radius 2 is 1.86 bits per heavy atom. The minimum Gasteiger partial charge on any atom is -0.494 e. The highest BCUT2D eigenvalue weighted by atomic mass is 19.1. The predicted octanol–water partition coefficient (Wildman–Crippen LogP) is 1.62. The molecule has 1 aliphatic heterocycles. The molecule has 1 aliphatic rings. The molecule has 1 aromatic heterocycles. The number of aromatic amines is 1. The first-order chi connectivity index (χ1) is 10.1. The smallest absolute Gasteiger partial charge is 0.295 e. The van der Waals surface area contributed by atoms with Crippen LogP contribution in [0.3, 0.4) is 0 Å². The normalized spacial score (nSPS) is 15.4. The van der Waals surface area contributed by atoms with E-state index in [0.29, 0.717) is 10.9 Å². The zero-order valence-electron chi connectivity index (χ0n) is 11.3. The average molecular weight is 292 g/mol. The van der Waals surface area contributed by atoms with Gasteiger partial charge in [0.15, 0.2) is 12.0 Å². The number of halogens is 1. The maximum atomic E-state index is 13.8. The van der Waals surface area contributed by atoms with Crippen molar-refractivity contribution in [2.75, 3.05) is 14.2 Å². The van der Waals surface area contributed by atoms with Crippen molar-refractivity contribution < 1.29 is 19.0 Å². The molecular formula is C13H13FN4O3. The van der Waals surface area contributed by atoms with E-state index in [2.05, 4.69) is 20.3 Å². The third-order valence-electron chi connectivity index (χ3n) is 3.14. The van der Waals surface area contributed by atoms with Crippen LogP contribution in [0.1, 0.15) is 11.7 Å². The standard InChI is InChI=1S/C13H13FN4O3/c1-20-12-16-10(17-13(18-12)21-2)8-6-4-3-5-7(14)9(6)15-11(8)19/h3-5,10,15,19H,1-2H3,(H,16,17,18). The molecule has 0 spiro atoms. The van der Waals surface area contributed by atoms with Crippen LogP contribution in [0.2, 0.25) is 0 Å². The van der Waals surface area contributed by atoms with Crippen LogP contribution in [-0.4, -0.2) is 36.4 Å². The zero-order valence-corrected chi connectivity index (χ0v) is 11.3. The molecule has 0 radical (unpaired) electrons. The molecule has 0 bridgehead atoms. The van der Waals surface area contributed by atoms with E-state index in [4.69, 9.17) is 9.47 Å². The van der Waals surface area contributed by atoms with Crippen molar-refractivity contribution in [3.8, 4) is 5.88 Å². The van der Waals surface area contributed by atoms with E-state index in [9.17, 15) is 9.50 Å². The van der Waals surface area contributed by atoms with Gasteiger partial charge >= 0.3 is 0 Å². The topological polar surface area (TPSA) is 91.2 Å². The molecule has 7 nitrogen and oxygen atoms in total. The fourth-order valence-electron chi connectivity index (χ4n) is 2.19. The monoisotopic (exact) mass is 292 g/mol. The van der Waals surface area contributed by atoms with Crippen LogP contribution < -0.4 is 5.32 Å². The Labute approximate surface area is 119 Å². The van der Waals surface area contributed by atoms with Crippen molar-refractivity contribution in [3.05, 3.63) is 29.6 Å². The molecule has 1 aromatic carbocycles. The summed E-state index contributed by atoms with van der Waals surface area (Å²) < 4.78 is 23.8. The molecule has 0 saturated carbocycles. The van der Waals surface area contributed by atoms with Crippen LogP contribution in [0.25, 0.3) is 10.9 Å². The van der Waals surface area contributed by atoms with Gasteiger partial charge in [-0.1, -0.05) is 12.1 Å². The van der Waals surface area contributed by atoms with Crippen molar-refractivity contribution >= 4 is 22.9 Å². The summed E-state index contributed by atoms with van der Waals surface area (Å²) in [7, 11) is 2.88. The summed E-state index contributed by atoms with van der Waals surface area (Å²) in [6.07, 6.45) is -0.799. The van der Waals surface area contributed by atoms with Gasteiger partial charge in [0, 0.05) is 5.39 Å². The minimum atomic E-state index is -0.799. The number of nitrogens with one attached hydrogen (secondary N) is 2. The molecule has 0 fully saturated rings. The summed E-state index contributed by atoms with van der Waals surface area (Å²) in [5, 5.41) is 13.3. The summed E-state index contributed by atoms with van der Waals surface area (Å²) in [6.45, 7) is 0. The van der Waals surface area contributed by atoms with E-state index in [-0.39, 0.29) is 23.4 Å². The Morgan fingerprint density at radius 1 is 1.19 bits per heavy atom. The molecule has 2 aromatic rings. The maximum Gasteiger partial charge on any atom is 0.295 e. The molecule has 21 heavy (non-hydrogen) atoms. The summed E-state index contributed by atoms with van der Waals surface area (Å²) in [4.78, 5) is 11.0. The summed E-state index contributed by atoms with van der Waals surface area (Å²) in [6, 6.07) is 4.92. The number of hydrogen-bond acceptors (Lipinski definition) is 6. The van der Waals surface area contributed by atoms with Crippen LogP contribution in [0, 0.1) is 5.82 Å². The first kappa shape index (κ1) is 13.2. The van der Waals surface area contributed by atoms with Gasteiger partial charge in [0.1, 0.15) is 5.82 Å². The van der Waals surface area contributed by atoms with Crippen molar-refractivity contribution in [2.45, 2.75) is 6.17 Å². The molecule has 2 heterocycles. The molecule has 3 N–H and O–H groups in total. The third-order valence-corrected chi connectivity index (χ3v) is 3.14. The molecule has 0 unspecified atom stereocenters. The van der Waals surface area contributed by atoms with E-state index < -0.39 is 12.0 Å². The van der Waals surface area contributed by atoms with Crippen molar-refractivity contribution in [2.24, 2.45) is 9.98 Å². The lowest BCUT2D eigenvalue weighted by atomic mass is 10.1. The number of nitrogens with zero attached hydrogens (tertiary/aromatic N) is 2. The van der Waals surface area contributed by atoms with Crippen LogP contribution in [0.4, 0.5) is 4.39 Å². The number of H-pyrrole nitrogens is 1. The van der Waals surface area contributed by atoms with Gasteiger partial charge in [-0.3, -0.25) is 5.32 Å². The van der Waals surface area contributed by atoms with Gasteiger partial charge in [-0.25, -0.2) is 14.4 Å². The number of amidine groups is 2. The van der Waals surface area contributed by atoms with E-state index in [1.807, 2.05) is 0 Å². The van der Waals surface area contributed by atoms with Gasteiger partial charge in [0.2, 0.25) is 0 Å². The Kier molecular flexibility index (Phi) is 3.13. The molecule has 110 valence electrons. The second-order valence-electron chi connectivity index (χ2n) is 4.33. The lowest BCUT2D eigenvalue weighted by Crippen LogP contribution is -2.36. The lowest BCUT2D eigenvalue weighted by Gasteiger charge is -2.18. The number of rotatable bonds is 1. The molecule has 0 amide bonds. The zero-order chi connectivity index (χ0) is 15.0. The number of benzene rings is 1. The van der Waals surface area contributed by atoms with Crippen molar-refractivity contribution in [3.63, 3.8) is 0 Å². The van der Waals surface area contributed by atoms with Gasteiger partial charge in [0.25, 0.3) is 12.0 Å². The van der Waals surface area contributed by atoms with E-state index >= 15 is 0 Å². The number of fused-ring (bicyclic) bond motifs is 1. The first-order valence-corrected chi connectivity index (χ1v) is 6.13. The number of aliphatic imine (C=N–C) groups is 2. The Morgan fingerprint density at radius 3 is 2.48 bits per heavy atom. The first-order valence-electron chi connectivity index (χ1n) is 6.13. The second-order valence-corrected chi connectivity index (χ2v) is 4.33. The highest BCUT2D eigenvalue weighted by molar-refractivity contribution is 5.95. The van der Waals surface area contributed by atoms with E-state index in [1.165, 1.54) is 20.3 Å².